The molecule has 0 radical (unpaired) electrons. The number of hydrogen-bond donors (Lipinski definition) is 0. The van der Waals surface area contributed by atoms with Gasteiger partial charge in [-0.15, -0.1) is 13.2 Å². The second kappa shape index (κ2) is 9.03. The standard InChI is InChI=1S/C22H18F4N2O3/c1-14-10-18(12-20(23)16-6-8-19(9-7-16)31-22(24,25)26)27-28(14)13-15-4-3-5-17(11-15)21(29)30-2/h3-12H,13H2,1-2H3. The minimum atomic E-state index is -4.81. The number of carbonyl (C=O) groups is 1. The molecule has 0 N–H and O–H groups in total. The predicted octanol–water partition coefficient (Wildman–Crippen LogP) is 5.39. The van der Waals surface area contributed by atoms with Crippen molar-refractivity contribution < 1.29 is 31.8 Å². The van der Waals surface area contributed by atoms with Crippen LogP contribution in [-0.2, 0) is 11.3 Å². The molecular formula is C22H18F4N2O3. The van der Waals surface area contributed by atoms with E-state index in [9.17, 15) is 22.4 Å². The molecule has 1 aromatic heterocycles. The highest BCUT2D eigenvalue weighted by atomic mass is 19.4. The van der Waals surface area contributed by atoms with Crippen molar-refractivity contribution in [3.05, 3.63) is 82.7 Å². The second-order valence-electron chi connectivity index (χ2n) is 6.62. The van der Waals surface area contributed by atoms with Gasteiger partial charge in [-0.3, -0.25) is 4.68 Å². The Morgan fingerprint density at radius 2 is 1.81 bits per heavy atom. The van der Waals surface area contributed by atoms with Gasteiger partial charge in [0.15, 0.2) is 0 Å². The van der Waals surface area contributed by atoms with Gasteiger partial charge in [-0.05, 0) is 55.0 Å². The molecule has 0 aliphatic heterocycles. The molecule has 2 aromatic carbocycles. The average Bonchev–Trinajstić information content (AvgIpc) is 3.05. The highest BCUT2D eigenvalue weighted by molar-refractivity contribution is 5.89. The van der Waals surface area contributed by atoms with E-state index in [2.05, 4.69) is 9.84 Å². The Morgan fingerprint density at radius 3 is 2.45 bits per heavy atom. The summed E-state index contributed by atoms with van der Waals surface area (Å²) in [5.74, 6) is -1.54. The maximum absolute atomic E-state index is 14.5. The predicted molar refractivity (Wildman–Crippen MR) is 106 cm³/mol. The minimum absolute atomic E-state index is 0.0903. The number of hydrogen-bond acceptors (Lipinski definition) is 4. The van der Waals surface area contributed by atoms with Crippen LogP contribution < -0.4 is 4.74 Å². The van der Waals surface area contributed by atoms with Crippen LogP contribution in [0, 0.1) is 6.92 Å². The van der Waals surface area contributed by atoms with E-state index in [-0.39, 0.29) is 5.56 Å². The molecule has 5 nitrogen and oxygen atoms in total. The lowest BCUT2D eigenvalue weighted by molar-refractivity contribution is -0.274. The molecule has 1 heterocycles. The summed E-state index contributed by atoms with van der Waals surface area (Å²) in [6, 6.07) is 13.0. The first-order valence-corrected chi connectivity index (χ1v) is 9.10. The number of alkyl halides is 3. The molecule has 9 heteroatoms. The second-order valence-corrected chi connectivity index (χ2v) is 6.62. The maximum atomic E-state index is 14.5. The summed E-state index contributed by atoms with van der Waals surface area (Å²) < 4.78 is 61.3. The lowest BCUT2D eigenvalue weighted by atomic mass is 10.1. The molecule has 0 atom stereocenters. The number of esters is 1. The molecule has 0 spiro atoms. The number of aromatic nitrogens is 2. The fourth-order valence-corrected chi connectivity index (χ4v) is 2.88. The summed E-state index contributed by atoms with van der Waals surface area (Å²) in [6.07, 6.45) is -3.62. The highest BCUT2D eigenvalue weighted by Crippen LogP contribution is 2.26. The largest absolute Gasteiger partial charge is 0.573 e. The van der Waals surface area contributed by atoms with Gasteiger partial charge in [0, 0.05) is 17.3 Å². The number of carbonyl (C=O) groups excluding carboxylic acids is 1. The highest BCUT2D eigenvalue weighted by Gasteiger charge is 2.31. The van der Waals surface area contributed by atoms with Crippen LogP contribution in [-0.4, -0.2) is 29.2 Å². The summed E-state index contributed by atoms with van der Waals surface area (Å²) >= 11 is 0. The van der Waals surface area contributed by atoms with Crippen molar-refractivity contribution in [1.82, 2.24) is 9.78 Å². The van der Waals surface area contributed by atoms with Gasteiger partial charge in [0.05, 0.1) is 24.9 Å². The van der Waals surface area contributed by atoms with Crippen molar-refractivity contribution in [2.75, 3.05) is 7.11 Å². The van der Waals surface area contributed by atoms with E-state index >= 15 is 0 Å². The number of rotatable bonds is 6. The van der Waals surface area contributed by atoms with E-state index in [1.54, 1.807) is 35.9 Å². The van der Waals surface area contributed by atoms with Crippen molar-refractivity contribution in [1.29, 1.82) is 0 Å². The summed E-state index contributed by atoms with van der Waals surface area (Å²) in [7, 11) is 1.30. The van der Waals surface area contributed by atoms with Crippen LogP contribution in [0.4, 0.5) is 17.6 Å². The fraction of sp³-hybridized carbons (Fsp3) is 0.182. The Bertz CT molecular complexity index is 1100. The number of aryl methyl sites for hydroxylation is 1. The number of methoxy groups -OCH3 is 1. The van der Waals surface area contributed by atoms with E-state index in [4.69, 9.17) is 4.74 Å². The molecular weight excluding hydrogens is 416 g/mol. The molecule has 3 rings (SSSR count). The molecule has 0 unspecified atom stereocenters. The van der Waals surface area contributed by atoms with Crippen LogP contribution in [0.1, 0.15) is 32.9 Å². The third kappa shape index (κ3) is 5.94. The van der Waals surface area contributed by atoms with Gasteiger partial charge in [-0.25, -0.2) is 9.18 Å². The van der Waals surface area contributed by atoms with Gasteiger partial charge in [-0.1, -0.05) is 12.1 Å². The third-order valence-electron chi connectivity index (χ3n) is 4.32. The van der Waals surface area contributed by atoms with Gasteiger partial charge in [0.25, 0.3) is 0 Å². The lowest BCUT2D eigenvalue weighted by Gasteiger charge is -2.08. The van der Waals surface area contributed by atoms with Gasteiger partial charge in [0.2, 0.25) is 0 Å². The molecule has 3 aromatic rings. The summed E-state index contributed by atoms with van der Waals surface area (Å²) in [4.78, 5) is 11.7. The first kappa shape index (κ1) is 22.1. The van der Waals surface area contributed by atoms with E-state index in [1.165, 1.54) is 25.3 Å². The summed E-state index contributed by atoms with van der Waals surface area (Å²) in [5.41, 5.74) is 2.41. The number of nitrogens with zero attached hydrogens (tertiary/aromatic N) is 2. The molecule has 162 valence electrons. The molecule has 0 amide bonds. The van der Waals surface area contributed by atoms with E-state index in [1.807, 2.05) is 6.07 Å². The molecule has 31 heavy (non-hydrogen) atoms. The van der Waals surface area contributed by atoms with Crippen molar-refractivity contribution in [3.63, 3.8) is 0 Å². The van der Waals surface area contributed by atoms with Gasteiger partial charge in [0.1, 0.15) is 11.6 Å². The number of benzene rings is 2. The van der Waals surface area contributed by atoms with Crippen LogP contribution in [0.25, 0.3) is 11.9 Å². The van der Waals surface area contributed by atoms with Crippen molar-refractivity contribution in [2.45, 2.75) is 19.8 Å². The van der Waals surface area contributed by atoms with Gasteiger partial charge < -0.3 is 9.47 Å². The molecule has 0 aliphatic rings. The van der Waals surface area contributed by atoms with Crippen LogP contribution in [0.3, 0.4) is 0 Å². The molecule has 0 bridgehead atoms. The monoisotopic (exact) mass is 434 g/mol. The topological polar surface area (TPSA) is 53.4 Å². The Morgan fingerprint density at radius 1 is 1.10 bits per heavy atom. The quantitative estimate of drug-likeness (QED) is 0.386. The zero-order chi connectivity index (χ0) is 22.6. The zero-order valence-electron chi connectivity index (χ0n) is 16.6. The van der Waals surface area contributed by atoms with Gasteiger partial charge in [-0.2, -0.15) is 5.10 Å². The SMILES string of the molecule is COC(=O)c1cccc(Cn2nc(C=C(F)c3ccc(OC(F)(F)F)cc3)cc2C)c1. The molecule has 0 saturated carbocycles. The van der Waals surface area contributed by atoms with Crippen LogP contribution in [0.2, 0.25) is 0 Å². The summed E-state index contributed by atoms with van der Waals surface area (Å²) in [6.45, 7) is 2.16. The number of ether oxygens (including phenoxy) is 2. The van der Waals surface area contributed by atoms with Crippen LogP contribution in [0.15, 0.2) is 54.6 Å². The van der Waals surface area contributed by atoms with Crippen LogP contribution in [0.5, 0.6) is 5.75 Å². The molecule has 0 aliphatic carbocycles. The van der Waals surface area contributed by atoms with E-state index in [0.29, 0.717) is 17.8 Å². The first-order valence-electron chi connectivity index (χ1n) is 9.10. The van der Waals surface area contributed by atoms with Gasteiger partial charge >= 0.3 is 12.3 Å². The van der Waals surface area contributed by atoms with E-state index in [0.717, 1.165) is 23.4 Å². The van der Waals surface area contributed by atoms with Crippen molar-refractivity contribution in [2.24, 2.45) is 0 Å². The smallest absolute Gasteiger partial charge is 0.465 e. The van der Waals surface area contributed by atoms with Crippen molar-refractivity contribution >= 4 is 17.9 Å². The summed E-state index contributed by atoms with van der Waals surface area (Å²) in [5, 5.41) is 4.34. The van der Waals surface area contributed by atoms with Crippen molar-refractivity contribution in [3.8, 4) is 5.75 Å². The Balaban J connectivity index is 1.76. The van der Waals surface area contributed by atoms with Crippen LogP contribution >= 0.6 is 0 Å². The third-order valence-corrected chi connectivity index (χ3v) is 4.32. The number of halogens is 4. The van der Waals surface area contributed by atoms with E-state index < -0.39 is 23.9 Å². The maximum Gasteiger partial charge on any atom is 0.573 e. The molecule has 0 saturated heterocycles. The first-order chi connectivity index (χ1) is 14.6. The fourth-order valence-electron chi connectivity index (χ4n) is 2.88. The lowest BCUT2D eigenvalue weighted by Crippen LogP contribution is -2.16. The Labute approximate surface area is 175 Å². The molecule has 0 fully saturated rings. The normalized spacial score (nSPS) is 12.0. The average molecular weight is 434 g/mol. The minimum Gasteiger partial charge on any atom is -0.465 e. The Kier molecular flexibility index (Phi) is 6.43. The zero-order valence-corrected chi connectivity index (χ0v) is 16.6. The Hall–Kier alpha value is -3.62.